The third kappa shape index (κ3) is 3.39. The van der Waals surface area contributed by atoms with Crippen molar-refractivity contribution in [2.75, 3.05) is 11.9 Å². The Hall–Kier alpha value is -3.10. The normalized spacial score (nSPS) is 14.1. The summed E-state index contributed by atoms with van der Waals surface area (Å²) in [4.78, 5) is 29.2. The topological polar surface area (TPSA) is 75.4 Å². The van der Waals surface area contributed by atoms with Crippen LogP contribution < -0.4 is 5.32 Å². The Morgan fingerprint density at radius 1 is 1.18 bits per heavy atom. The zero-order chi connectivity index (χ0) is 18.9. The van der Waals surface area contributed by atoms with Crippen LogP contribution in [0.5, 0.6) is 0 Å². The fourth-order valence-electron chi connectivity index (χ4n) is 3.39. The van der Waals surface area contributed by atoms with Gasteiger partial charge in [-0.2, -0.15) is 0 Å². The molecule has 1 amide bonds. The number of thiazole rings is 1. The molecule has 1 aliphatic heterocycles. The molecule has 5 rings (SSSR count). The lowest BCUT2D eigenvalue weighted by atomic mass is 10.2. The van der Waals surface area contributed by atoms with E-state index in [2.05, 4.69) is 31.4 Å². The summed E-state index contributed by atoms with van der Waals surface area (Å²) in [5, 5.41) is 3.50. The van der Waals surface area contributed by atoms with Gasteiger partial charge < -0.3 is 4.40 Å². The van der Waals surface area contributed by atoms with Gasteiger partial charge in [0, 0.05) is 49.5 Å². The summed E-state index contributed by atoms with van der Waals surface area (Å²) in [6.45, 7) is 2.55. The highest BCUT2D eigenvalue weighted by atomic mass is 32.1. The van der Waals surface area contributed by atoms with Crippen molar-refractivity contribution >= 4 is 28.0 Å². The molecule has 0 radical (unpaired) electrons. The molecule has 4 aromatic rings. The first-order valence-corrected chi connectivity index (χ1v) is 9.92. The SMILES string of the molecule is O=C(Nc1nc2c(s1)CN(Cc1cn3ccccc3n1)CC2)c1ccccn1. The minimum atomic E-state index is -0.228. The number of amides is 1. The average Bonchev–Trinajstić information content (AvgIpc) is 3.31. The summed E-state index contributed by atoms with van der Waals surface area (Å²) in [6, 6.07) is 11.3. The highest BCUT2D eigenvalue weighted by molar-refractivity contribution is 7.15. The van der Waals surface area contributed by atoms with Gasteiger partial charge in [-0.25, -0.2) is 9.97 Å². The molecule has 140 valence electrons. The number of fused-ring (bicyclic) bond motifs is 2. The van der Waals surface area contributed by atoms with Gasteiger partial charge in [0.2, 0.25) is 0 Å². The number of nitrogens with one attached hydrogen (secondary N) is 1. The molecule has 0 saturated heterocycles. The average molecular weight is 390 g/mol. The number of carbonyl (C=O) groups excluding carboxylic acids is 1. The van der Waals surface area contributed by atoms with Gasteiger partial charge in [-0.05, 0) is 24.3 Å². The predicted molar refractivity (Wildman–Crippen MR) is 107 cm³/mol. The van der Waals surface area contributed by atoms with E-state index in [0.717, 1.165) is 43.1 Å². The first-order valence-electron chi connectivity index (χ1n) is 9.10. The van der Waals surface area contributed by atoms with E-state index in [9.17, 15) is 4.79 Å². The molecule has 4 aromatic heterocycles. The molecule has 0 atom stereocenters. The first-order chi connectivity index (χ1) is 13.7. The second-order valence-electron chi connectivity index (χ2n) is 6.72. The van der Waals surface area contributed by atoms with Crippen molar-refractivity contribution in [2.45, 2.75) is 19.5 Å². The Morgan fingerprint density at radius 3 is 2.96 bits per heavy atom. The van der Waals surface area contributed by atoms with Gasteiger partial charge in [0.05, 0.1) is 11.4 Å². The van der Waals surface area contributed by atoms with Crippen LogP contribution in [0.3, 0.4) is 0 Å². The van der Waals surface area contributed by atoms with E-state index >= 15 is 0 Å². The molecule has 0 unspecified atom stereocenters. The van der Waals surface area contributed by atoms with Crippen molar-refractivity contribution < 1.29 is 4.79 Å². The van der Waals surface area contributed by atoms with E-state index in [1.165, 1.54) is 16.2 Å². The van der Waals surface area contributed by atoms with Crippen LogP contribution in [0, 0.1) is 0 Å². The Morgan fingerprint density at radius 2 is 2.11 bits per heavy atom. The fourth-order valence-corrected chi connectivity index (χ4v) is 4.43. The molecule has 0 spiro atoms. The number of hydrogen-bond donors (Lipinski definition) is 1. The Bertz CT molecular complexity index is 1100. The molecule has 1 N–H and O–H groups in total. The monoisotopic (exact) mass is 390 g/mol. The fraction of sp³-hybridized carbons (Fsp3) is 0.200. The number of carbonyl (C=O) groups is 1. The van der Waals surface area contributed by atoms with Crippen molar-refractivity contribution in [1.82, 2.24) is 24.3 Å². The summed E-state index contributed by atoms with van der Waals surface area (Å²) in [5.74, 6) is -0.228. The summed E-state index contributed by atoms with van der Waals surface area (Å²) < 4.78 is 2.04. The largest absolute Gasteiger partial charge is 0.307 e. The lowest BCUT2D eigenvalue weighted by Crippen LogP contribution is -2.29. The number of pyridine rings is 2. The van der Waals surface area contributed by atoms with Crippen LogP contribution in [0.25, 0.3) is 5.65 Å². The lowest BCUT2D eigenvalue weighted by molar-refractivity contribution is 0.102. The third-order valence-corrected chi connectivity index (χ3v) is 5.73. The van der Waals surface area contributed by atoms with E-state index in [-0.39, 0.29) is 5.91 Å². The molecule has 5 heterocycles. The molecule has 28 heavy (non-hydrogen) atoms. The van der Waals surface area contributed by atoms with Gasteiger partial charge in [0.1, 0.15) is 11.3 Å². The second-order valence-corrected chi connectivity index (χ2v) is 7.80. The van der Waals surface area contributed by atoms with E-state index in [1.807, 2.05) is 28.8 Å². The van der Waals surface area contributed by atoms with Gasteiger partial charge in [0.25, 0.3) is 5.91 Å². The van der Waals surface area contributed by atoms with Crippen molar-refractivity contribution in [1.29, 1.82) is 0 Å². The maximum absolute atomic E-state index is 12.3. The van der Waals surface area contributed by atoms with Crippen molar-refractivity contribution in [3.05, 3.63) is 76.9 Å². The highest BCUT2D eigenvalue weighted by Gasteiger charge is 2.22. The number of rotatable bonds is 4. The molecular formula is C20H18N6OS. The smallest absolute Gasteiger partial charge is 0.276 e. The van der Waals surface area contributed by atoms with Crippen LogP contribution in [0.1, 0.15) is 26.8 Å². The molecule has 8 heteroatoms. The van der Waals surface area contributed by atoms with Crippen LogP contribution in [-0.2, 0) is 19.5 Å². The molecule has 0 aliphatic carbocycles. The van der Waals surface area contributed by atoms with Gasteiger partial charge in [-0.3, -0.25) is 20.0 Å². The standard InChI is InChI=1S/C20H18N6OS/c27-19(16-5-1-3-8-21-16)24-20-23-15-7-10-25(13-17(15)28-20)11-14-12-26-9-4-2-6-18(26)22-14/h1-6,8-9,12H,7,10-11,13H2,(H,23,24,27). The first kappa shape index (κ1) is 17.0. The van der Waals surface area contributed by atoms with E-state index in [1.54, 1.807) is 24.4 Å². The Kier molecular flexibility index (Phi) is 4.34. The summed E-state index contributed by atoms with van der Waals surface area (Å²) in [6.07, 6.45) is 6.58. The third-order valence-electron chi connectivity index (χ3n) is 4.73. The molecule has 0 aromatic carbocycles. The maximum Gasteiger partial charge on any atom is 0.276 e. The molecular weight excluding hydrogens is 372 g/mol. The molecule has 1 aliphatic rings. The zero-order valence-electron chi connectivity index (χ0n) is 15.1. The number of imidazole rings is 1. The summed E-state index contributed by atoms with van der Waals surface area (Å²) in [7, 11) is 0. The van der Waals surface area contributed by atoms with Gasteiger partial charge >= 0.3 is 0 Å². The lowest BCUT2D eigenvalue weighted by Gasteiger charge is -2.24. The molecule has 0 fully saturated rings. The second kappa shape index (κ2) is 7.14. The summed E-state index contributed by atoms with van der Waals surface area (Å²) in [5.41, 5.74) is 3.49. The van der Waals surface area contributed by atoms with Crippen molar-refractivity contribution in [3.63, 3.8) is 0 Å². The molecule has 0 saturated carbocycles. The van der Waals surface area contributed by atoms with Crippen LogP contribution in [0.4, 0.5) is 5.13 Å². The highest BCUT2D eigenvalue weighted by Crippen LogP contribution is 2.29. The maximum atomic E-state index is 12.3. The van der Waals surface area contributed by atoms with Gasteiger partial charge in [0.15, 0.2) is 5.13 Å². The van der Waals surface area contributed by atoms with Gasteiger partial charge in [-0.1, -0.05) is 12.1 Å². The zero-order valence-corrected chi connectivity index (χ0v) is 15.9. The minimum absolute atomic E-state index is 0.228. The molecule has 0 bridgehead atoms. The van der Waals surface area contributed by atoms with E-state index in [4.69, 9.17) is 0 Å². The van der Waals surface area contributed by atoms with Crippen molar-refractivity contribution in [2.24, 2.45) is 0 Å². The quantitative estimate of drug-likeness (QED) is 0.580. The summed E-state index contributed by atoms with van der Waals surface area (Å²) >= 11 is 1.54. The predicted octanol–water partition coefficient (Wildman–Crippen LogP) is 3.00. The molecule has 7 nitrogen and oxygen atoms in total. The van der Waals surface area contributed by atoms with Crippen LogP contribution in [0.2, 0.25) is 0 Å². The van der Waals surface area contributed by atoms with Crippen molar-refractivity contribution in [3.8, 4) is 0 Å². The number of nitrogens with zero attached hydrogens (tertiary/aromatic N) is 5. The minimum Gasteiger partial charge on any atom is -0.307 e. The number of aromatic nitrogens is 4. The number of hydrogen-bond acceptors (Lipinski definition) is 6. The number of anilines is 1. The Balaban J connectivity index is 1.27. The van der Waals surface area contributed by atoms with Gasteiger partial charge in [-0.15, -0.1) is 11.3 Å². The van der Waals surface area contributed by atoms with E-state index < -0.39 is 0 Å². The Labute approximate surface area is 165 Å². The van der Waals surface area contributed by atoms with Crippen LogP contribution in [-0.4, -0.2) is 36.7 Å². The van der Waals surface area contributed by atoms with Crippen LogP contribution in [0.15, 0.2) is 55.0 Å². The van der Waals surface area contributed by atoms with Crippen LogP contribution >= 0.6 is 11.3 Å². The van der Waals surface area contributed by atoms with E-state index in [0.29, 0.717) is 10.8 Å².